The first kappa shape index (κ1) is 14.9. The van der Waals surface area contributed by atoms with Crippen molar-refractivity contribution in [3.8, 4) is 0 Å². The maximum atomic E-state index is 12.9. The predicted octanol–water partition coefficient (Wildman–Crippen LogP) is 4.79. The lowest BCUT2D eigenvalue weighted by Gasteiger charge is -2.07. The van der Waals surface area contributed by atoms with Gasteiger partial charge in [0.15, 0.2) is 0 Å². The van der Waals surface area contributed by atoms with E-state index in [1.54, 1.807) is 23.9 Å². The summed E-state index contributed by atoms with van der Waals surface area (Å²) in [5.74, 6) is 0.390. The average Bonchev–Trinajstić information content (AvgIpc) is 2.53. The van der Waals surface area contributed by atoms with Crippen molar-refractivity contribution in [2.75, 3.05) is 0 Å². The highest BCUT2D eigenvalue weighted by atomic mass is 32.2. The van der Waals surface area contributed by atoms with Crippen molar-refractivity contribution in [3.63, 3.8) is 0 Å². The molecule has 3 rings (SSSR count). The largest absolute Gasteiger partial charge is 0.423 e. The molecule has 4 heteroatoms. The fourth-order valence-corrected chi connectivity index (χ4v) is 3.20. The summed E-state index contributed by atoms with van der Waals surface area (Å²) in [7, 11) is 0. The summed E-state index contributed by atoms with van der Waals surface area (Å²) in [6, 6.07) is 13.9. The highest BCUT2D eigenvalue weighted by molar-refractivity contribution is 7.98. The molecule has 1 aromatic heterocycles. The second-order valence-electron chi connectivity index (χ2n) is 5.02. The molecular weight excluding hydrogens is 299 g/mol. The molecule has 22 heavy (non-hydrogen) atoms. The van der Waals surface area contributed by atoms with E-state index < -0.39 is 0 Å². The van der Waals surface area contributed by atoms with Crippen molar-refractivity contribution in [2.24, 2.45) is 0 Å². The van der Waals surface area contributed by atoms with Crippen LogP contribution in [0.15, 0.2) is 62.6 Å². The Bertz CT molecular complexity index is 853. The van der Waals surface area contributed by atoms with Gasteiger partial charge in [-0.05, 0) is 47.9 Å². The predicted molar refractivity (Wildman–Crippen MR) is 87.8 cm³/mol. The van der Waals surface area contributed by atoms with Gasteiger partial charge in [0.1, 0.15) is 11.4 Å². The van der Waals surface area contributed by atoms with E-state index in [0.29, 0.717) is 11.3 Å². The zero-order valence-corrected chi connectivity index (χ0v) is 13.0. The molecule has 0 aliphatic heterocycles. The van der Waals surface area contributed by atoms with Gasteiger partial charge in [-0.15, -0.1) is 11.8 Å². The Morgan fingerprint density at radius 2 is 1.86 bits per heavy atom. The third kappa shape index (κ3) is 3.22. The lowest BCUT2D eigenvalue weighted by atomic mass is 10.1. The van der Waals surface area contributed by atoms with Gasteiger partial charge in [-0.1, -0.05) is 19.1 Å². The van der Waals surface area contributed by atoms with Crippen LogP contribution in [0.2, 0.25) is 0 Å². The SMILES string of the molecule is CCc1ccc2c(CSc3ccc(F)cc3)cc(=O)oc2c1. The van der Waals surface area contributed by atoms with Gasteiger partial charge in [0.05, 0.1) is 0 Å². The molecule has 0 unspecified atom stereocenters. The van der Waals surface area contributed by atoms with Crippen LogP contribution in [0.1, 0.15) is 18.1 Å². The van der Waals surface area contributed by atoms with Crippen molar-refractivity contribution >= 4 is 22.7 Å². The van der Waals surface area contributed by atoms with Crippen molar-refractivity contribution in [1.82, 2.24) is 0 Å². The lowest BCUT2D eigenvalue weighted by molar-refractivity contribution is 0.559. The summed E-state index contributed by atoms with van der Waals surface area (Å²) in [6.45, 7) is 2.06. The summed E-state index contributed by atoms with van der Waals surface area (Å²) < 4.78 is 18.2. The molecule has 0 amide bonds. The van der Waals surface area contributed by atoms with Crippen LogP contribution in [0.4, 0.5) is 4.39 Å². The third-order valence-corrected chi connectivity index (χ3v) is 4.57. The standard InChI is InChI=1S/C18H15FO2S/c1-2-12-3-8-16-13(10-18(20)21-17(16)9-12)11-22-15-6-4-14(19)5-7-15/h3-10H,2,11H2,1H3. The van der Waals surface area contributed by atoms with Crippen molar-refractivity contribution < 1.29 is 8.81 Å². The molecule has 0 bridgehead atoms. The molecule has 0 aliphatic carbocycles. The smallest absolute Gasteiger partial charge is 0.336 e. The van der Waals surface area contributed by atoms with E-state index in [4.69, 9.17) is 4.42 Å². The van der Waals surface area contributed by atoms with E-state index in [2.05, 4.69) is 6.92 Å². The van der Waals surface area contributed by atoms with Crippen molar-refractivity contribution in [3.05, 3.63) is 75.9 Å². The number of hydrogen-bond donors (Lipinski definition) is 0. The van der Waals surface area contributed by atoms with Gasteiger partial charge in [-0.2, -0.15) is 0 Å². The lowest BCUT2D eigenvalue weighted by Crippen LogP contribution is -2.00. The van der Waals surface area contributed by atoms with Crippen LogP contribution in [0.25, 0.3) is 11.0 Å². The van der Waals surface area contributed by atoms with E-state index in [9.17, 15) is 9.18 Å². The van der Waals surface area contributed by atoms with Crippen LogP contribution < -0.4 is 5.63 Å². The summed E-state index contributed by atoms with van der Waals surface area (Å²) in [4.78, 5) is 12.7. The Hall–Kier alpha value is -2.07. The summed E-state index contributed by atoms with van der Waals surface area (Å²) in [6.07, 6.45) is 0.897. The van der Waals surface area contributed by atoms with E-state index >= 15 is 0 Å². The van der Waals surface area contributed by atoms with Gasteiger partial charge in [-0.3, -0.25) is 0 Å². The molecule has 0 fully saturated rings. The van der Waals surface area contributed by atoms with Gasteiger partial charge < -0.3 is 4.42 Å². The molecule has 2 aromatic carbocycles. The molecule has 3 aromatic rings. The molecule has 0 saturated carbocycles. The summed E-state index contributed by atoms with van der Waals surface area (Å²) in [5, 5.41) is 0.950. The quantitative estimate of drug-likeness (QED) is 0.512. The van der Waals surface area contributed by atoms with Gasteiger partial charge in [0, 0.05) is 22.1 Å². The first-order valence-electron chi connectivity index (χ1n) is 7.10. The minimum absolute atomic E-state index is 0.248. The molecule has 0 atom stereocenters. The monoisotopic (exact) mass is 314 g/mol. The van der Waals surface area contributed by atoms with E-state index in [-0.39, 0.29) is 11.4 Å². The zero-order valence-electron chi connectivity index (χ0n) is 12.1. The highest BCUT2D eigenvalue weighted by Gasteiger charge is 2.07. The van der Waals surface area contributed by atoms with Crippen LogP contribution in [-0.2, 0) is 12.2 Å². The second-order valence-corrected chi connectivity index (χ2v) is 6.07. The van der Waals surface area contributed by atoms with Gasteiger partial charge in [0.2, 0.25) is 0 Å². The topological polar surface area (TPSA) is 30.2 Å². The fraction of sp³-hybridized carbons (Fsp3) is 0.167. The maximum absolute atomic E-state index is 12.9. The van der Waals surface area contributed by atoms with E-state index in [1.165, 1.54) is 18.2 Å². The van der Waals surface area contributed by atoms with Crippen LogP contribution >= 0.6 is 11.8 Å². The minimum atomic E-state index is -0.338. The van der Waals surface area contributed by atoms with E-state index in [1.807, 2.05) is 18.2 Å². The van der Waals surface area contributed by atoms with Crippen LogP contribution in [0, 0.1) is 5.82 Å². The van der Waals surface area contributed by atoms with Crippen molar-refractivity contribution in [1.29, 1.82) is 0 Å². The molecule has 112 valence electrons. The highest BCUT2D eigenvalue weighted by Crippen LogP contribution is 2.27. The van der Waals surface area contributed by atoms with E-state index in [0.717, 1.165) is 27.8 Å². The number of halogens is 1. The average molecular weight is 314 g/mol. The second kappa shape index (κ2) is 6.36. The van der Waals surface area contributed by atoms with Crippen LogP contribution in [0.5, 0.6) is 0 Å². The number of aryl methyl sites for hydroxylation is 1. The van der Waals surface area contributed by atoms with Crippen molar-refractivity contribution in [2.45, 2.75) is 24.0 Å². The van der Waals surface area contributed by atoms with Gasteiger partial charge >= 0.3 is 5.63 Å². The normalized spacial score (nSPS) is 11.0. The molecule has 2 nitrogen and oxygen atoms in total. The molecule has 0 N–H and O–H groups in total. The first-order valence-corrected chi connectivity index (χ1v) is 8.08. The Morgan fingerprint density at radius 1 is 1.09 bits per heavy atom. The number of rotatable bonds is 4. The minimum Gasteiger partial charge on any atom is -0.423 e. The third-order valence-electron chi connectivity index (χ3n) is 3.51. The molecule has 1 heterocycles. The maximum Gasteiger partial charge on any atom is 0.336 e. The molecule has 0 aliphatic rings. The Balaban J connectivity index is 1.92. The fourth-order valence-electron chi connectivity index (χ4n) is 2.31. The number of benzene rings is 2. The first-order chi connectivity index (χ1) is 10.7. The van der Waals surface area contributed by atoms with Gasteiger partial charge in [-0.25, -0.2) is 9.18 Å². The van der Waals surface area contributed by atoms with Gasteiger partial charge in [0.25, 0.3) is 0 Å². The number of thioether (sulfide) groups is 1. The number of hydrogen-bond acceptors (Lipinski definition) is 3. The van der Waals surface area contributed by atoms with Crippen LogP contribution in [0.3, 0.4) is 0 Å². The molecule has 0 saturated heterocycles. The molecular formula is C18H15FO2S. The Morgan fingerprint density at radius 3 is 2.59 bits per heavy atom. The Labute approximate surface area is 132 Å². The molecule has 0 spiro atoms. The van der Waals surface area contributed by atoms with Crippen LogP contribution in [-0.4, -0.2) is 0 Å². The molecule has 0 radical (unpaired) electrons. The summed E-state index contributed by atoms with van der Waals surface area (Å²) in [5.41, 5.74) is 2.36. The number of fused-ring (bicyclic) bond motifs is 1. The summed E-state index contributed by atoms with van der Waals surface area (Å²) >= 11 is 1.57. The Kier molecular flexibility index (Phi) is 4.29. The zero-order chi connectivity index (χ0) is 15.5.